The number of ether oxygens (including phenoxy) is 1. The molecule has 0 aliphatic carbocycles. The molecule has 1 heterocycles. The average molecular weight is 276 g/mol. The summed E-state index contributed by atoms with van der Waals surface area (Å²) in [6, 6.07) is 7.45. The maximum atomic E-state index is 10.1. The van der Waals surface area contributed by atoms with Crippen LogP contribution in [0.2, 0.25) is 0 Å². The van der Waals surface area contributed by atoms with Crippen molar-refractivity contribution in [2.75, 3.05) is 7.11 Å². The Morgan fingerprint density at radius 2 is 2.10 bits per heavy atom. The Bertz CT molecular complexity index is 572. The summed E-state index contributed by atoms with van der Waals surface area (Å²) in [6.45, 7) is 5.91. The van der Waals surface area contributed by atoms with Gasteiger partial charge in [-0.25, -0.2) is 0 Å². The molecule has 5 nitrogen and oxygen atoms in total. The summed E-state index contributed by atoms with van der Waals surface area (Å²) in [5.74, 6) is 1.67. The van der Waals surface area contributed by atoms with Crippen LogP contribution in [0.5, 0.6) is 5.75 Å². The second-order valence-electron chi connectivity index (χ2n) is 5.83. The van der Waals surface area contributed by atoms with E-state index in [-0.39, 0.29) is 5.41 Å². The summed E-state index contributed by atoms with van der Waals surface area (Å²) in [6.07, 6.45) is -0.179. The van der Waals surface area contributed by atoms with Crippen LogP contribution in [0.4, 0.5) is 0 Å². The molecule has 20 heavy (non-hydrogen) atoms. The lowest BCUT2D eigenvalue weighted by Crippen LogP contribution is -2.28. The Hall–Kier alpha value is -1.88. The largest absolute Gasteiger partial charge is 0.497 e. The highest BCUT2D eigenvalue weighted by Gasteiger charge is 2.24. The fourth-order valence-electron chi connectivity index (χ4n) is 1.69. The SMILES string of the molecule is COc1cccc(-c2noc(CC(O)C(C)(C)C)n2)c1. The van der Waals surface area contributed by atoms with Crippen molar-refractivity contribution in [1.82, 2.24) is 10.1 Å². The van der Waals surface area contributed by atoms with Gasteiger partial charge in [-0.2, -0.15) is 4.98 Å². The summed E-state index contributed by atoms with van der Waals surface area (Å²) < 4.78 is 10.4. The van der Waals surface area contributed by atoms with E-state index in [1.165, 1.54) is 0 Å². The van der Waals surface area contributed by atoms with Crippen molar-refractivity contribution >= 4 is 0 Å². The molecule has 2 rings (SSSR count). The number of methoxy groups -OCH3 is 1. The van der Waals surface area contributed by atoms with Crippen molar-refractivity contribution in [3.63, 3.8) is 0 Å². The van der Waals surface area contributed by atoms with E-state index in [1.807, 2.05) is 45.0 Å². The van der Waals surface area contributed by atoms with Gasteiger partial charge >= 0.3 is 0 Å². The van der Waals surface area contributed by atoms with Crippen LogP contribution in [-0.2, 0) is 6.42 Å². The number of aromatic nitrogens is 2. The summed E-state index contributed by atoms with van der Waals surface area (Å²) in [7, 11) is 1.61. The molecule has 1 aromatic carbocycles. The van der Waals surface area contributed by atoms with E-state index in [2.05, 4.69) is 10.1 Å². The highest BCUT2D eigenvalue weighted by atomic mass is 16.5. The highest BCUT2D eigenvalue weighted by Crippen LogP contribution is 2.24. The molecule has 0 radical (unpaired) electrons. The normalized spacial score (nSPS) is 13.2. The topological polar surface area (TPSA) is 68.4 Å². The Morgan fingerprint density at radius 3 is 2.75 bits per heavy atom. The first-order chi connectivity index (χ1) is 9.40. The summed E-state index contributed by atoms with van der Waals surface area (Å²) in [4.78, 5) is 4.32. The number of benzene rings is 1. The van der Waals surface area contributed by atoms with Gasteiger partial charge in [0.1, 0.15) is 5.75 Å². The third-order valence-corrected chi connectivity index (χ3v) is 3.16. The van der Waals surface area contributed by atoms with E-state index < -0.39 is 6.10 Å². The van der Waals surface area contributed by atoms with Crippen molar-refractivity contribution in [3.8, 4) is 17.1 Å². The molecular weight excluding hydrogens is 256 g/mol. The van der Waals surface area contributed by atoms with Gasteiger partial charge in [0, 0.05) is 5.56 Å². The molecule has 1 atom stereocenters. The molecule has 0 aliphatic rings. The average Bonchev–Trinajstić information content (AvgIpc) is 2.86. The maximum absolute atomic E-state index is 10.1. The third-order valence-electron chi connectivity index (χ3n) is 3.16. The van der Waals surface area contributed by atoms with Crippen molar-refractivity contribution in [3.05, 3.63) is 30.2 Å². The van der Waals surface area contributed by atoms with Crippen LogP contribution in [0.1, 0.15) is 26.7 Å². The van der Waals surface area contributed by atoms with E-state index in [4.69, 9.17) is 9.26 Å². The van der Waals surface area contributed by atoms with Crippen LogP contribution in [0.25, 0.3) is 11.4 Å². The Kier molecular flexibility index (Phi) is 4.09. The van der Waals surface area contributed by atoms with Crippen molar-refractivity contribution in [2.45, 2.75) is 33.3 Å². The van der Waals surface area contributed by atoms with Gasteiger partial charge in [0.05, 0.1) is 19.6 Å². The van der Waals surface area contributed by atoms with E-state index in [0.717, 1.165) is 11.3 Å². The number of rotatable bonds is 4. The molecule has 1 aromatic heterocycles. The molecule has 1 N–H and O–H groups in total. The number of nitrogens with zero attached hydrogens (tertiary/aromatic N) is 2. The molecule has 0 amide bonds. The Morgan fingerprint density at radius 1 is 1.35 bits per heavy atom. The zero-order valence-corrected chi connectivity index (χ0v) is 12.3. The predicted molar refractivity (Wildman–Crippen MR) is 75.5 cm³/mol. The van der Waals surface area contributed by atoms with Crippen LogP contribution in [0.15, 0.2) is 28.8 Å². The minimum absolute atomic E-state index is 0.218. The summed E-state index contributed by atoms with van der Waals surface area (Å²) >= 11 is 0. The fraction of sp³-hybridized carbons (Fsp3) is 0.467. The van der Waals surface area contributed by atoms with Gasteiger partial charge < -0.3 is 14.4 Å². The quantitative estimate of drug-likeness (QED) is 0.929. The molecule has 108 valence electrons. The van der Waals surface area contributed by atoms with Gasteiger partial charge in [-0.15, -0.1) is 0 Å². The van der Waals surface area contributed by atoms with E-state index in [9.17, 15) is 5.11 Å². The first-order valence-electron chi connectivity index (χ1n) is 6.55. The van der Waals surface area contributed by atoms with Crippen LogP contribution in [-0.4, -0.2) is 28.5 Å². The van der Waals surface area contributed by atoms with Crippen LogP contribution in [0.3, 0.4) is 0 Å². The minimum atomic E-state index is -0.527. The third kappa shape index (κ3) is 3.36. The first kappa shape index (κ1) is 14.5. The molecule has 5 heteroatoms. The molecule has 0 aliphatic heterocycles. The van der Waals surface area contributed by atoms with E-state index in [1.54, 1.807) is 7.11 Å². The molecule has 0 bridgehead atoms. The van der Waals surface area contributed by atoms with E-state index in [0.29, 0.717) is 18.1 Å². The highest BCUT2D eigenvalue weighted by molar-refractivity contribution is 5.56. The standard InChI is InChI=1S/C15H20N2O3/c1-15(2,3)12(18)9-13-16-14(17-20-13)10-6-5-7-11(8-10)19-4/h5-8,12,18H,9H2,1-4H3. The molecule has 0 spiro atoms. The summed E-state index contributed by atoms with van der Waals surface area (Å²) in [5.41, 5.74) is 0.606. The molecule has 1 unspecified atom stereocenters. The number of aliphatic hydroxyl groups excluding tert-OH is 1. The van der Waals surface area contributed by atoms with Gasteiger partial charge in [0.15, 0.2) is 0 Å². The minimum Gasteiger partial charge on any atom is -0.497 e. The lowest BCUT2D eigenvalue weighted by molar-refractivity contribution is 0.0565. The number of aliphatic hydroxyl groups is 1. The fourth-order valence-corrected chi connectivity index (χ4v) is 1.69. The van der Waals surface area contributed by atoms with E-state index >= 15 is 0 Å². The second-order valence-corrected chi connectivity index (χ2v) is 5.83. The lowest BCUT2D eigenvalue weighted by Gasteiger charge is -2.24. The summed E-state index contributed by atoms with van der Waals surface area (Å²) in [5, 5.41) is 14.0. The number of hydrogen-bond donors (Lipinski definition) is 1. The molecule has 2 aromatic rings. The van der Waals surface area contributed by atoms with Gasteiger partial charge in [0.2, 0.25) is 11.7 Å². The molecular formula is C15H20N2O3. The van der Waals surface area contributed by atoms with Crippen LogP contribution in [0, 0.1) is 5.41 Å². The van der Waals surface area contributed by atoms with Crippen molar-refractivity contribution in [2.24, 2.45) is 5.41 Å². The zero-order chi connectivity index (χ0) is 14.8. The molecule has 0 saturated heterocycles. The maximum Gasteiger partial charge on any atom is 0.229 e. The van der Waals surface area contributed by atoms with Crippen molar-refractivity contribution in [1.29, 1.82) is 0 Å². The second kappa shape index (κ2) is 5.63. The Balaban J connectivity index is 2.16. The Labute approximate surface area is 118 Å². The monoisotopic (exact) mass is 276 g/mol. The lowest BCUT2D eigenvalue weighted by atomic mass is 9.87. The van der Waals surface area contributed by atoms with Crippen molar-refractivity contribution < 1.29 is 14.4 Å². The zero-order valence-electron chi connectivity index (χ0n) is 12.3. The number of hydrogen-bond acceptors (Lipinski definition) is 5. The van der Waals surface area contributed by atoms with Gasteiger partial charge in [-0.3, -0.25) is 0 Å². The molecule has 0 saturated carbocycles. The van der Waals surface area contributed by atoms with Crippen LogP contribution >= 0.6 is 0 Å². The van der Waals surface area contributed by atoms with Gasteiger partial charge in [-0.1, -0.05) is 38.1 Å². The van der Waals surface area contributed by atoms with Crippen LogP contribution < -0.4 is 4.74 Å². The molecule has 0 fully saturated rings. The smallest absolute Gasteiger partial charge is 0.229 e. The van der Waals surface area contributed by atoms with Gasteiger partial charge in [-0.05, 0) is 17.5 Å². The van der Waals surface area contributed by atoms with Gasteiger partial charge in [0.25, 0.3) is 0 Å². The first-order valence-corrected chi connectivity index (χ1v) is 6.55. The predicted octanol–water partition coefficient (Wildman–Crippen LogP) is 2.69.